The molecule has 1 aliphatic rings. The number of hydrogen-bond donors (Lipinski definition) is 2. The molecule has 0 bridgehead atoms. The van der Waals surface area contributed by atoms with Crippen LogP contribution < -0.4 is 5.32 Å². The van der Waals surface area contributed by atoms with Gasteiger partial charge in [-0.25, -0.2) is 9.78 Å². The summed E-state index contributed by atoms with van der Waals surface area (Å²) in [7, 11) is 0. The average molecular weight is 425 g/mol. The lowest BCUT2D eigenvalue weighted by Gasteiger charge is -2.29. The zero-order chi connectivity index (χ0) is 21.8. The van der Waals surface area contributed by atoms with E-state index in [9.17, 15) is 4.79 Å². The molecule has 5 rings (SSSR count). The summed E-state index contributed by atoms with van der Waals surface area (Å²) >= 11 is 0. The van der Waals surface area contributed by atoms with Crippen LogP contribution in [0.3, 0.4) is 0 Å². The maximum Gasteiger partial charge on any atom is 0.322 e. The predicted octanol–water partition coefficient (Wildman–Crippen LogP) is 6.25. The zero-order valence-corrected chi connectivity index (χ0v) is 18.1. The molecule has 1 fully saturated rings. The van der Waals surface area contributed by atoms with Crippen LogP contribution in [0.25, 0.3) is 22.2 Å². The Morgan fingerprint density at radius 3 is 2.47 bits per heavy atom. The maximum atomic E-state index is 13.5. The van der Waals surface area contributed by atoms with E-state index in [4.69, 9.17) is 4.98 Å². The molecule has 0 spiro atoms. The summed E-state index contributed by atoms with van der Waals surface area (Å²) < 4.78 is 0. The van der Waals surface area contributed by atoms with E-state index in [1.54, 1.807) is 0 Å². The lowest BCUT2D eigenvalue weighted by Crippen LogP contribution is -2.43. The molecule has 2 N–H and O–H groups in total. The van der Waals surface area contributed by atoms with Gasteiger partial charge in [0.1, 0.15) is 5.82 Å². The number of amides is 2. The van der Waals surface area contributed by atoms with Gasteiger partial charge < -0.3 is 15.2 Å². The van der Waals surface area contributed by atoms with Crippen LogP contribution >= 0.6 is 0 Å². The molecule has 0 unspecified atom stereocenters. The van der Waals surface area contributed by atoms with Crippen molar-refractivity contribution in [3.63, 3.8) is 0 Å². The average Bonchev–Trinajstić information content (AvgIpc) is 3.50. The second kappa shape index (κ2) is 9.27. The molecule has 4 aromatic rings. The molecule has 0 atom stereocenters. The number of imidazole rings is 1. The molecule has 0 radical (unpaired) electrons. The Kier molecular flexibility index (Phi) is 5.88. The number of fused-ring (bicyclic) bond motifs is 1. The van der Waals surface area contributed by atoms with Crippen molar-refractivity contribution in [2.75, 3.05) is 11.9 Å². The highest BCUT2D eigenvalue weighted by Crippen LogP contribution is 2.29. The minimum absolute atomic E-state index is 0.0311. The van der Waals surface area contributed by atoms with E-state index in [2.05, 4.69) is 28.5 Å². The molecule has 1 aliphatic carbocycles. The summed E-state index contributed by atoms with van der Waals surface area (Å²) in [6.07, 6.45) is 5.19. The monoisotopic (exact) mass is 424 g/mol. The number of anilines is 1. The number of carbonyl (C=O) groups is 1. The fourth-order valence-corrected chi connectivity index (χ4v) is 4.66. The first-order chi connectivity index (χ1) is 15.8. The Morgan fingerprint density at radius 2 is 1.66 bits per heavy atom. The topological polar surface area (TPSA) is 61.0 Å². The molecule has 5 nitrogen and oxygen atoms in total. The number of benzene rings is 3. The zero-order valence-electron chi connectivity index (χ0n) is 18.1. The summed E-state index contributed by atoms with van der Waals surface area (Å²) in [5, 5.41) is 3.21. The highest BCUT2D eigenvalue weighted by molar-refractivity contribution is 5.94. The summed E-state index contributed by atoms with van der Waals surface area (Å²) in [5.74, 6) is 0.923. The molecule has 1 aromatic heterocycles. The van der Waals surface area contributed by atoms with Crippen molar-refractivity contribution in [1.29, 1.82) is 0 Å². The number of carbonyl (C=O) groups excluding carboxylic acids is 1. The predicted molar refractivity (Wildman–Crippen MR) is 130 cm³/mol. The van der Waals surface area contributed by atoms with Crippen LogP contribution in [0.1, 0.15) is 31.5 Å². The van der Waals surface area contributed by atoms with Crippen molar-refractivity contribution < 1.29 is 4.79 Å². The van der Waals surface area contributed by atoms with Gasteiger partial charge in [-0.2, -0.15) is 0 Å². The van der Waals surface area contributed by atoms with Crippen LogP contribution in [-0.2, 0) is 6.42 Å². The third-order valence-corrected chi connectivity index (χ3v) is 6.31. The van der Waals surface area contributed by atoms with E-state index in [1.165, 1.54) is 12.8 Å². The number of rotatable bonds is 6. The Hall–Kier alpha value is -3.60. The number of hydrogen-bond acceptors (Lipinski definition) is 2. The first-order valence-electron chi connectivity index (χ1n) is 11.4. The number of H-pyrrole nitrogens is 1. The van der Waals surface area contributed by atoms with Crippen LogP contribution in [0.15, 0.2) is 78.9 Å². The summed E-state index contributed by atoms with van der Waals surface area (Å²) in [5.41, 5.74) is 4.98. The molecule has 3 aromatic carbocycles. The van der Waals surface area contributed by atoms with Crippen LogP contribution in [0.2, 0.25) is 0 Å². The number of nitrogens with one attached hydrogen (secondary N) is 2. The number of aromatic amines is 1. The Bertz CT molecular complexity index is 1160. The first-order valence-corrected chi connectivity index (χ1v) is 11.4. The van der Waals surface area contributed by atoms with Gasteiger partial charge in [-0.3, -0.25) is 0 Å². The Morgan fingerprint density at radius 1 is 0.938 bits per heavy atom. The Labute approximate surface area is 188 Å². The number of aromatic nitrogens is 2. The second-order valence-electron chi connectivity index (χ2n) is 8.42. The van der Waals surface area contributed by atoms with Crippen molar-refractivity contribution >= 4 is 22.8 Å². The standard InChI is InChI=1S/C27H28N4O/c32-27(30-23-15-7-6-14-22(23)20-10-2-1-3-11-20)31(21-12-4-5-13-21)19-18-26-28-24-16-8-9-17-25(24)29-26/h1-3,6-11,14-17,21H,4-5,12-13,18-19H2,(H,28,29)(H,30,32). The lowest BCUT2D eigenvalue weighted by molar-refractivity contribution is 0.189. The van der Waals surface area contributed by atoms with Crippen molar-refractivity contribution in [1.82, 2.24) is 14.9 Å². The van der Waals surface area contributed by atoms with Crippen LogP contribution in [0.4, 0.5) is 10.5 Å². The first kappa shape index (κ1) is 20.3. The lowest BCUT2D eigenvalue weighted by atomic mass is 10.0. The fourth-order valence-electron chi connectivity index (χ4n) is 4.66. The Balaban J connectivity index is 1.35. The normalized spacial score (nSPS) is 14.0. The van der Waals surface area contributed by atoms with Gasteiger partial charge >= 0.3 is 6.03 Å². The van der Waals surface area contributed by atoms with Gasteiger partial charge in [0.2, 0.25) is 0 Å². The van der Waals surface area contributed by atoms with E-state index < -0.39 is 0 Å². The van der Waals surface area contributed by atoms with Gasteiger partial charge in [-0.15, -0.1) is 0 Å². The fraction of sp³-hybridized carbons (Fsp3) is 0.259. The third-order valence-electron chi connectivity index (χ3n) is 6.31. The minimum Gasteiger partial charge on any atom is -0.342 e. The smallest absolute Gasteiger partial charge is 0.322 e. The summed E-state index contributed by atoms with van der Waals surface area (Å²) in [4.78, 5) is 23.6. The van der Waals surface area contributed by atoms with E-state index in [-0.39, 0.29) is 12.1 Å². The molecule has 162 valence electrons. The van der Waals surface area contributed by atoms with E-state index in [1.807, 2.05) is 65.6 Å². The van der Waals surface area contributed by atoms with Gasteiger partial charge in [0, 0.05) is 24.6 Å². The van der Waals surface area contributed by atoms with Gasteiger partial charge in [0.25, 0.3) is 0 Å². The molecule has 0 aliphatic heterocycles. The van der Waals surface area contributed by atoms with Crippen LogP contribution in [0.5, 0.6) is 0 Å². The molecular weight excluding hydrogens is 396 g/mol. The molecule has 32 heavy (non-hydrogen) atoms. The highest BCUT2D eigenvalue weighted by Gasteiger charge is 2.27. The molecule has 1 saturated carbocycles. The summed E-state index contributed by atoms with van der Waals surface area (Å²) in [6.45, 7) is 0.643. The SMILES string of the molecule is O=C(Nc1ccccc1-c1ccccc1)N(CCc1nc2ccccc2[nH]1)C1CCCC1. The molecule has 1 heterocycles. The maximum absolute atomic E-state index is 13.5. The van der Waals surface area contributed by atoms with Crippen molar-refractivity contribution in [2.45, 2.75) is 38.1 Å². The molecule has 2 amide bonds. The number of para-hydroxylation sites is 3. The largest absolute Gasteiger partial charge is 0.342 e. The second-order valence-corrected chi connectivity index (χ2v) is 8.42. The highest BCUT2D eigenvalue weighted by atomic mass is 16.2. The third kappa shape index (κ3) is 4.37. The van der Waals surface area contributed by atoms with E-state index >= 15 is 0 Å². The van der Waals surface area contributed by atoms with Gasteiger partial charge in [-0.05, 0) is 36.6 Å². The summed E-state index contributed by atoms with van der Waals surface area (Å²) in [6, 6.07) is 26.5. The molecule has 5 heteroatoms. The van der Waals surface area contributed by atoms with Crippen LogP contribution in [0, 0.1) is 0 Å². The molecule has 0 saturated heterocycles. The number of urea groups is 1. The van der Waals surface area contributed by atoms with E-state index in [0.29, 0.717) is 13.0 Å². The minimum atomic E-state index is -0.0311. The van der Waals surface area contributed by atoms with Gasteiger partial charge in [-0.1, -0.05) is 73.5 Å². The quantitative estimate of drug-likeness (QED) is 0.384. The van der Waals surface area contributed by atoms with Crippen molar-refractivity contribution in [3.8, 4) is 11.1 Å². The van der Waals surface area contributed by atoms with Gasteiger partial charge in [0.15, 0.2) is 0 Å². The van der Waals surface area contributed by atoms with Crippen molar-refractivity contribution in [2.24, 2.45) is 0 Å². The van der Waals surface area contributed by atoms with E-state index in [0.717, 1.165) is 46.5 Å². The van der Waals surface area contributed by atoms with Gasteiger partial charge in [0.05, 0.1) is 16.7 Å². The van der Waals surface area contributed by atoms with Crippen LogP contribution in [-0.4, -0.2) is 33.5 Å². The molecular formula is C27H28N4O. The van der Waals surface area contributed by atoms with Crippen molar-refractivity contribution in [3.05, 3.63) is 84.7 Å². The number of nitrogens with zero attached hydrogens (tertiary/aromatic N) is 2.